The van der Waals surface area contributed by atoms with E-state index in [0.29, 0.717) is 41.6 Å². The highest BCUT2D eigenvalue weighted by molar-refractivity contribution is 6.38. The normalized spacial score (nSPS) is 22.5. The number of nitrogens with one attached hydrogen (secondary N) is 4. The third-order valence-electron chi connectivity index (χ3n) is 7.65. The molecular weight excluding hydrogens is 558 g/mol. The lowest BCUT2D eigenvalue weighted by Gasteiger charge is -2.31. The molecule has 12 N–H and O–H groups in total. The van der Waals surface area contributed by atoms with Crippen molar-refractivity contribution in [1.82, 2.24) is 16.0 Å². The first-order valence-corrected chi connectivity index (χ1v) is 13.9. The minimum absolute atomic E-state index is 0.0732. The van der Waals surface area contributed by atoms with Crippen molar-refractivity contribution in [1.29, 1.82) is 5.41 Å². The number of hydrogen-bond donors (Lipinski definition) is 9. The molecule has 0 aromatic heterocycles. The number of epoxide rings is 1. The molecule has 1 spiro atoms. The van der Waals surface area contributed by atoms with Crippen molar-refractivity contribution < 1.29 is 34.1 Å². The lowest BCUT2D eigenvalue weighted by Crippen LogP contribution is -2.61. The second-order valence-electron chi connectivity index (χ2n) is 10.8. The zero-order chi connectivity index (χ0) is 31.3. The van der Waals surface area contributed by atoms with Crippen molar-refractivity contribution in [2.24, 2.45) is 17.2 Å². The van der Waals surface area contributed by atoms with Crippen LogP contribution >= 0.6 is 0 Å². The van der Waals surface area contributed by atoms with Gasteiger partial charge in [-0.25, -0.2) is 0 Å². The number of carbonyl (C=O) groups is 4. The fourth-order valence-corrected chi connectivity index (χ4v) is 5.13. The molecule has 4 atom stereocenters. The van der Waals surface area contributed by atoms with Crippen molar-refractivity contribution in [2.45, 2.75) is 62.4 Å². The van der Waals surface area contributed by atoms with E-state index in [1.165, 1.54) is 12.1 Å². The smallest absolute Gasteiger partial charge is 0.265 e. The van der Waals surface area contributed by atoms with Gasteiger partial charge in [-0.2, -0.15) is 0 Å². The fourth-order valence-electron chi connectivity index (χ4n) is 5.13. The highest BCUT2D eigenvalue weighted by Gasteiger charge is 2.54. The van der Waals surface area contributed by atoms with Gasteiger partial charge in [-0.1, -0.05) is 12.1 Å². The fraction of sp³-hybridized carbons (Fsp3) is 0.414. The standard InChI is InChI=1S/C29H37N7O7/c30-9-1-2-24-29(14-43-29)36-21(28(42)34-20(26(33)40)5-8-25(32)39)13-18-11-16(4-7-23(18)38)15-3-6-22(37)17(10-15)12-19(31)27(41)35-24/h3-4,6-7,10-11,20-21,24,31,36-38H,1-2,5,8-9,12-14,30H2,(H2,32,39)(H2,33,40)(H,34,42)(H,35,41)/t20-,21-,24-,29?/m0/s1. The topological polar surface area (TPSA) is 259 Å². The van der Waals surface area contributed by atoms with E-state index in [1.807, 2.05) is 0 Å². The van der Waals surface area contributed by atoms with Crippen LogP contribution < -0.4 is 33.2 Å². The summed E-state index contributed by atoms with van der Waals surface area (Å²) >= 11 is 0. The molecule has 14 nitrogen and oxygen atoms in total. The maximum atomic E-state index is 13.7. The maximum Gasteiger partial charge on any atom is 0.265 e. The van der Waals surface area contributed by atoms with Gasteiger partial charge in [0.1, 0.15) is 23.3 Å². The van der Waals surface area contributed by atoms with Crippen molar-refractivity contribution in [2.75, 3.05) is 13.2 Å². The van der Waals surface area contributed by atoms with Crippen LogP contribution in [0.15, 0.2) is 36.4 Å². The van der Waals surface area contributed by atoms with Crippen LogP contribution in [0.3, 0.4) is 0 Å². The molecule has 4 amide bonds. The average molecular weight is 596 g/mol. The Labute approximate surface area is 247 Å². The summed E-state index contributed by atoms with van der Waals surface area (Å²) in [5, 5.41) is 38.3. The number of ether oxygens (including phenoxy) is 1. The van der Waals surface area contributed by atoms with Gasteiger partial charge in [0.25, 0.3) is 5.91 Å². The van der Waals surface area contributed by atoms with Crippen LogP contribution in [0.5, 0.6) is 11.5 Å². The summed E-state index contributed by atoms with van der Waals surface area (Å²) in [7, 11) is 0. The summed E-state index contributed by atoms with van der Waals surface area (Å²) in [6.45, 7) is 0.416. The molecule has 1 saturated heterocycles. The van der Waals surface area contributed by atoms with E-state index in [2.05, 4.69) is 16.0 Å². The Morgan fingerprint density at radius 3 is 2.30 bits per heavy atom. The summed E-state index contributed by atoms with van der Waals surface area (Å²) < 4.78 is 5.80. The highest BCUT2D eigenvalue weighted by Crippen LogP contribution is 2.34. The summed E-state index contributed by atoms with van der Waals surface area (Å²) in [4.78, 5) is 50.3. The molecule has 2 heterocycles. The van der Waals surface area contributed by atoms with Crippen LogP contribution in [0.4, 0.5) is 0 Å². The van der Waals surface area contributed by atoms with Crippen LogP contribution in [-0.4, -0.2) is 76.6 Å². The molecule has 0 aliphatic carbocycles. The monoisotopic (exact) mass is 595 g/mol. The second-order valence-corrected chi connectivity index (χ2v) is 10.8. The highest BCUT2D eigenvalue weighted by atomic mass is 16.6. The van der Waals surface area contributed by atoms with E-state index in [4.69, 9.17) is 27.3 Å². The van der Waals surface area contributed by atoms with Crippen molar-refractivity contribution in [3.63, 3.8) is 0 Å². The first-order chi connectivity index (χ1) is 20.4. The lowest BCUT2D eigenvalue weighted by atomic mass is 9.95. The maximum absolute atomic E-state index is 13.7. The minimum Gasteiger partial charge on any atom is -0.508 e. The van der Waals surface area contributed by atoms with Crippen LogP contribution in [0.1, 0.15) is 36.8 Å². The third-order valence-corrected chi connectivity index (χ3v) is 7.65. The zero-order valence-electron chi connectivity index (χ0n) is 23.5. The van der Waals surface area contributed by atoms with Crippen molar-refractivity contribution >= 4 is 29.3 Å². The molecule has 0 saturated carbocycles. The predicted molar refractivity (Wildman–Crippen MR) is 156 cm³/mol. The molecule has 4 bridgehead atoms. The molecule has 230 valence electrons. The summed E-state index contributed by atoms with van der Waals surface area (Å²) in [5.74, 6) is -3.04. The van der Waals surface area contributed by atoms with Gasteiger partial charge in [0.15, 0.2) is 5.72 Å². The van der Waals surface area contributed by atoms with Gasteiger partial charge in [-0.05, 0) is 66.8 Å². The Morgan fingerprint density at radius 2 is 1.72 bits per heavy atom. The molecule has 2 aliphatic heterocycles. The Balaban J connectivity index is 1.77. The number of fused-ring (bicyclic) bond motifs is 5. The Kier molecular flexibility index (Phi) is 9.63. The van der Waals surface area contributed by atoms with Gasteiger partial charge < -0.3 is 42.8 Å². The van der Waals surface area contributed by atoms with E-state index in [9.17, 15) is 29.4 Å². The number of hydrogen-bond acceptors (Lipinski definition) is 10. The first kappa shape index (κ1) is 31.4. The number of benzene rings is 2. The Morgan fingerprint density at radius 1 is 1.09 bits per heavy atom. The summed E-state index contributed by atoms with van der Waals surface area (Å²) in [6.07, 6.45) is 0.329. The largest absolute Gasteiger partial charge is 0.508 e. The molecule has 14 heteroatoms. The molecule has 0 radical (unpaired) electrons. The number of amides is 4. The third kappa shape index (κ3) is 7.66. The molecule has 2 aromatic rings. The van der Waals surface area contributed by atoms with Gasteiger partial charge in [0.2, 0.25) is 17.7 Å². The number of carbonyl (C=O) groups excluding carboxylic acids is 4. The molecular formula is C29H37N7O7. The van der Waals surface area contributed by atoms with E-state index in [-0.39, 0.29) is 49.5 Å². The van der Waals surface area contributed by atoms with Gasteiger partial charge in [0, 0.05) is 24.8 Å². The Hall–Kier alpha value is -4.53. The van der Waals surface area contributed by atoms with Crippen LogP contribution in [0.25, 0.3) is 11.1 Å². The molecule has 2 aliphatic rings. The molecule has 1 fully saturated rings. The van der Waals surface area contributed by atoms with Crippen LogP contribution in [0.2, 0.25) is 0 Å². The number of primary amides is 2. The van der Waals surface area contributed by atoms with Gasteiger partial charge in [-0.15, -0.1) is 0 Å². The van der Waals surface area contributed by atoms with E-state index >= 15 is 0 Å². The number of phenolic OH excluding ortho intramolecular Hbond substituents is 2. The number of phenols is 2. The van der Waals surface area contributed by atoms with E-state index in [1.54, 1.807) is 24.3 Å². The van der Waals surface area contributed by atoms with Crippen molar-refractivity contribution in [3.8, 4) is 22.6 Å². The Bertz CT molecular complexity index is 1430. The first-order valence-electron chi connectivity index (χ1n) is 13.9. The number of nitrogens with two attached hydrogens (primary N) is 3. The number of aromatic hydroxyl groups is 2. The van der Waals surface area contributed by atoms with E-state index in [0.717, 1.165) is 0 Å². The van der Waals surface area contributed by atoms with Gasteiger partial charge in [-0.3, -0.25) is 29.9 Å². The van der Waals surface area contributed by atoms with Crippen LogP contribution in [-0.2, 0) is 36.8 Å². The SMILES string of the molecule is N=C1Cc2cc(ccc2O)-c2ccc(O)c(c2)C[C@@H](C(=O)N[C@@H](CCC(N)=O)C(N)=O)NC2(CO2)[C@H](CCCN)NC1=O. The predicted octanol–water partition coefficient (Wildman–Crippen LogP) is -0.973. The molecule has 1 unspecified atom stereocenters. The average Bonchev–Trinajstić information content (AvgIpc) is 3.74. The van der Waals surface area contributed by atoms with Gasteiger partial charge >= 0.3 is 0 Å². The second kappa shape index (κ2) is 13.2. The zero-order valence-corrected chi connectivity index (χ0v) is 23.5. The lowest BCUT2D eigenvalue weighted by molar-refractivity contribution is -0.129. The van der Waals surface area contributed by atoms with Gasteiger partial charge in [0.05, 0.1) is 18.7 Å². The van der Waals surface area contributed by atoms with Crippen LogP contribution in [0, 0.1) is 5.41 Å². The van der Waals surface area contributed by atoms with E-state index < -0.39 is 47.5 Å². The molecule has 2 aromatic carbocycles. The molecule has 4 rings (SSSR count). The van der Waals surface area contributed by atoms with Crippen molar-refractivity contribution in [3.05, 3.63) is 47.5 Å². The summed E-state index contributed by atoms with van der Waals surface area (Å²) in [5.41, 5.74) is 17.0. The molecule has 43 heavy (non-hydrogen) atoms. The minimum atomic E-state index is -1.23. The quantitative estimate of drug-likeness (QED) is 0.161. The number of rotatable bonds is 9. The summed E-state index contributed by atoms with van der Waals surface area (Å²) in [6, 6.07) is 6.58.